The minimum Gasteiger partial charge on any atom is -0.360 e. The fourth-order valence-corrected chi connectivity index (χ4v) is 5.71. The third-order valence-electron chi connectivity index (χ3n) is 6.65. The van der Waals surface area contributed by atoms with Gasteiger partial charge in [0.15, 0.2) is 5.57 Å². The first-order valence-electron chi connectivity index (χ1n) is 12.3. The van der Waals surface area contributed by atoms with E-state index in [2.05, 4.69) is 39.2 Å². The molecule has 0 aliphatic carbocycles. The lowest BCUT2D eigenvalue weighted by atomic mass is 10.0. The fourth-order valence-electron chi connectivity index (χ4n) is 4.63. The van der Waals surface area contributed by atoms with E-state index >= 15 is 0 Å². The third-order valence-corrected chi connectivity index (χ3v) is 7.78. The lowest BCUT2D eigenvalue weighted by Gasteiger charge is -2.34. The average Bonchev–Trinajstić information content (AvgIpc) is 3.46. The van der Waals surface area contributed by atoms with E-state index in [9.17, 15) is 14.9 Å². The standard InChI is InChI=1S/C26H30N8O2S/c1-4-33-25(36)23(37-26(33)21(14-28)24(35)29-10-9-27)16-30-19-5-6-22-18(13-19)15-31-34(22)20-7-11-32(12-8-20)17(2)3/h5-6,13,15-17,20,30H,4,7-8,10-12H2,1-3H3,(H,29,35)/b23-16-,26-21+. The van der Waals surface area contributed by atoms with E-state index in [-0.39, 0.29) is 22.3 Å². The van der Waals surface area contributed by atoms with Crippen LogP contribution in [0.2, 0.25) is 0 Å². The molecule has 1 amide bonds. The summed E-state index contributed by atoms with van der Waals surface area (Å²) in [6.07, 6.45) is 5.61. The summed E-state index contributed by atoms with van der Waals surface area (Å²) < 4.78 is 4.15. The number of anilines is 1. The number of likely N-dealkylation sites (tertiary alicyclic amines) is 1. The summed E-state index contributed by atoms with van der Waals surface area (Å²) >= 11 is 1.06. The van der Waals surface area contributed by atoms with Gasteiger partial charge >= 0.3 is 0 Å². The van der Waals surface area contributed by atoms with Gasteiger partial charge in [-0.25, -0.2) is 0 Å². The van der Waals surface area contributed by atoms with Gasteiger partial charge in [0.1, 0.15) is 21.8 Å². The Morgan fingerprint density at radius 3 is 2.70 bits per heavy atom. The molecule has 3 heterocycles. The van der Waals surface area contributed by atoms with E-state index in [4.69, 9.17) is 5.26 Å². The molecule has 1 aromatic carbocycles. The van der Waals surface area contributed by atoms with Crippen LogP contribution < -0.4 is 25.4 Å². The predicted molar refractivity (Wildman–Crippen MR) is 144 cm³/mol. The molecule has 0 atom stereocenters. The maximum atomic E-state index is 12.9. The van der Waals surface area contributed by atoms with Crippen molar-refractivity contribution in [3.63, 3.8) is 0 Å². The van der Waals surface area contributed by atoms with Crippen LogP contribution in [0.5, 0.6) is 0 Å². The molecule has 0 bridgehead atoms. The highest BCUT2D eigenvalue weighted by molar-refractivity contribution is 7.07. The SMILES string of the molecule is CCn1c(=O)/c(=C/Nc2ccc3c(cnn3C3CCN(C(C)C)CC3)c2)s/c1=C(\C#N)C(=O)NCC#N. The summed E-state index contributed by atoms with van der Waals surface area (Å²) in [6, 6.07) is 10.6. The van der Waals surface area contributed by atoms with Gasteiger partial charge in [0.2, 0.25) is 0 Å². The summed E-state index contributed by atoms with van der Waals surface area (Å²) in [4.78, 5) is 27.8. The van der Waals surface area contributed by atoms with E-state index in [0.29, 0.717) is 23.2 Å². The second-order valence-corrected chi connectivity index (χ2v) is 10.2. The largest absolute Gasteiger partial charge is 0.360 e. The van der Waals surface area contributed by atoms with Crippen molar-refractivity contribution in [1.82, 2.24) is 24.6 Å². The molecule has 2 aromatic heterocycles. The van der Waals surface area contributed by atoms with E-state index in [1.54, 1.807) is 13.1 Å². The fraction of sp³-hybridized carbons (Fsp3) is 0.423. The van der Waals surface area contributed by atoms with Crippen molar-refractivity contribution in [2.45, 2.75) is 52.2 Å². The number of benzene rings is 1. The van der Waals surface area contributed by atoms with Crippen LogP contribution in [0.1, 0.15) is 39.7 Å². The number of piperidine rings is 1. The van der Waals surface area contributed by atoms with Gasteiger partial charge in [-0.15, -0.1) is 11.3 Å². The molecule has 192 valence electrons. The first-order valence-corrected chi connectivity index (χ1v) is 13.2. The van der Waals surface area contributed by atoms with Gasteiger partial charge < -0.3 is 15.5 Å². The van der Waals surface area contributed by atoms with Crippen molar-refractivity contribution < 1.29 is 4.79 Å². The zero-order valence-corrected chi connectivity index (χ0v) is 22.0. The molecule has 1 saturated heterocycles. The highest BCUT2D eigenvalue weighted by Crippen LogP contribution is 2.28. The highest BCUT2D eigenvalue weighted by Gasteiger charge is 2.23. The van der Waals surface area contributed by atoms with Crippen molar-refractivity contribution in [3.05, 3.63) is 43.9 Å². The summed E-state index contributed by atoms with van der Waals surface area (Å²) in [5, 5.41) is 29.5. The van der Waals surface area contributed by atoms with Crippen molar-refractivity contribution in [1.29, 1.82) is 10.5 Å². The number of hydrogen-bond donors (Lipinski definition) is 2. The van der Waals surface area contributed by atoms with Crippen molar-refractivity contribution in [2.75, 3.05) is 25.0 Å². The molecular weight excluding hydrogens is 488 g/mol. The Labute approximate surface area is 218 Å². The maximum absolute atomic E-state index is 12.9. The van der Waals surface area contributed by atoms with E-state index in [1.807, 2.05) is 36.5 Å². The van der Waals surface area contributed by atoms with E-state index < -0.39 is 5.91 Å². The van der Waals surface area contributed by atoms with Crippen molar-refractivity contribution in [2.24, 2.45) is 0 Å². The summed E-state index contributed by atoms with van der Waals surface area (Å²) in [6.45, 7) is 8.47. The normalized spacial score (nSPS) is 16.0. The number of hydrogen-bond acceptors (Lipinski definition) is 8. The Kier molecular flexibility index (Phi) is 8.07. The Morgan fingerprint density at radius 2 is 2.05 bits per heavy atom. The number of carbonyl (C=O) groups excluding carboxylic acids is 1. The topological polar surface area (TPSA) is 132 Å². The number of fused-ring (bicyclic) bond motifs is 1. The number of nitriles is 2. The van der Waals surface area contributed by atoms with Crippen LogP contribution in [0.15, 0.2) is 29.2 Å². The van der Waals surface area contributed by atoms with Gasteiger partial charge in [-0.05, 0) is 51.8 Å². The number of aromatic nitrogens is 3. The number of thiazole rings is 1. The molecule has 0 radical (unpaired) electrons. The van der Waals surface area contributed by atoms with Crippen molar-refractivity contribution in [3.8, 4) is 12.1 Å². The van der Waals surface area contributed by atoms with Crippen LogP contribution in [-0.2, 0) is 11.3 Å². The van der Waals surface area contributed by atoms with Crippen molar-refractivity contribution >= 4 is 45.6 Å². The monoisotopic (exact) mass is 518 g/mol. The van der Waals surface area contributed by atoms with Gasteiger partial charge in [-0.3, -0.25) is 18.8 Å². The van der Waals surface area contributed by atoms with E-state index in [0.717, 1.165) is 53.9 Å². The second kappa shape index (κ2) is 11.4. The predicted octanol–water partition coefficient (Wildman–Crippen LogP) is 1.49. The number of nitrogens with one attached hydrogen (secondary N) is 2. The Morgan fingerprint density at radius 1 is 1.30 bits per heavy atom. The summed E-state index contributed by atoms with van der Waals surface area (Å²) in [7, 11) is 0. The molecule has 2 N–H and O–H groups in total. The quantitative estimate of drug-likeness (QED) is 0.453. The number of amides is 1. The lowest BCUT2D eigenvalue weighted by Crippen LogP contribution is -2.39. The van der Waals surface area contributed by atoms with Gasteiger partial charge in [0.05, 0.1) is 23.8 Å². The van der Waals surface area contributed by atoms with Crippen LogP contribution in [0.25, 0.3) is 22.7 Å². The van der Waals surface area contributed by atoms with Crippen LogP contribution in [0.4, 0.5) is 5.69 Å². The summed E-state index contributed by atoms with van der Waals surface area (Å²) in [5.41, 5.74) is 1.40. The minimum absolute atomic E-state index is 0.188. The van der Waals surface area contributed by atoms with Gasteiger partial charge in [-0.1, -0.05) is 0 Å². The molecule has 37 heavy (non-hydrogen) atoms. The molecule has 1 fully saturated rings. The van der Waals surface area contributed by atoms with Gasteiger partial charge in [0, 0.05) is 42.9 Å². The molecule has 4 rings (SSSR count). The molecule has 0 saturated carbocycles. The first kappa shape index (κ1) is 26.1. The molecule has 11 heteroatoms. The number of nitrogens with zero attached hydrogens (tertiary/aromatic N) is 6. The minimum atomic E-state index is -0.677. The Bertz CT molecular complexity index is 1560. The van der Waals surface area contributed by atoms with Gasteiger partial charge in [0.25, 0.3) is 11.5 Å². The molecule has 1 aliphatic rings. The molecule has 3 aromatic rings. The van der Waals surface area contributed by atoms with Crippen LogP contribution >= 0.6 is 11.3 Å². The second-order valence-electron chi connectivity index (χ2n) is 9.16. The smallest absolute Gasteiger partial charge is 0.270 e. The third kappa shape index (κ3) is 5.43. The first-order chi connectivity index (χ1) is 17.9. The van der Waals surface area contributed by atoms with Crippen LogP contribution in [-0.4, -0.2) is 50.8 Å². The maximum Gasteiger partial charge on any atom is 0.270 e. The van der Waals surface area contributed by atoms with Crippen LogP contribution in [0, 0.1) is 22.7 Å². The van der Waals surface area contributed by atoms with E-state index in [1.165, 1.54) is 4.57 Å². The molecule has 1 aliphatic heterocycles. The Balaban J connectivity index is 1.60. The zero-order valence-electron chi connectivity index (χ0n) is 21.2. The highest BCUT2D eigenvalue weighted by atomic mass is 32.1. The molecule has 10 nitrogen and oxygen atoms in total. The lowest BCUT2D eigenvalue weighted by molar-refractivity contribution is -0.115. The number of rotatable bonds is 7. The van der Waals surface area contributed by atoms with Crippen LogP contribution in [0.3, 0.4) is 0 Å². The van der Waals surface area contributed by atoms with Gasteiger partial charge in [-0.2, -0.15) is 15.6 Å². The zero-order chi connectivity index (χ0) is 26.5. The molecular formula is C26H30N8O2S. The average molecular weight is 519 g/mol. The number of carbonyl (C=O) groups is 1. The Hall–Kier alpha value is -3.93. The molecule has 0 spiro atoms. The molecule has 0 unspecified atom stereocenters. The summed E-state index contributed by atoms with van der Waals surface area (Å²) in [5.74, 6) is -0.677.